The number of ether oxygens (including phenoxy) is 2. The highest BCUT2D eigenvalue weighted by Crippen LogP contribution is 2.22. The maximum absolute atomic E-state index is 6.92. The van der Waals surface area contributed by atoms with Gasteiger partial charge in [0.2, 0.25) is 5.88 Å². The Morgan fingerprint density at radius 2 is 1.74 bits per heavy atom. The number of nitrogen functional groups attached to an aromatic ring is 1. The van der Waals surface area contributed by atoms with Crippen molar-refractivity contribution >= 4 is 17.7 Å². The summed E-state index contributed by atoms with van der Waals surface area (Å²) in [6.45, 7) is 21.2. The normalized spacial score (nSPS) is 12.6. The molecule has 0 amide bonds. The molecular formula is C27H47N5O2. The molecule has 0 atom stereocenters. The molecule has 1 aliphatic heterocycles. The largest absolute Gasteiger partial charge is 0.476 e. The molecule has 1 fully saturated rings. The fourth-order valence-corrected chi connectivity index (χ4v) is 3.22. The number of rotatable bonds is 8. The van der Waals surface area contributed by atoms with Crippen LogP contribution in [0.15, 0.2) is 36.4 Å². The molecule has 2 heterocycles. The molecular weight excluding hydrogens is 426 g/mol. The second-order valence-corrected chi connectivity index (χ2v) is 7.12. The highest BCUT2D eigenvalue weighted by Gasteiger charge is 2.11. The second kappa shape index (κ2) is 19.8. The Balaban J connectivity index is 0.000000698. The van der Waals surface area contributed by atoms with Crippen LogP contribution in [0.5, 0.6) is 5.88 Å². The third-order valence-corrected chi connectivity index (χ3v) is 4.90. The summed E-state index contributed by atoms with van der Waals surface area (Å²) in [5, 5.41) is 6.92. The maximum atomic E-state index is 6.92. The molecule has 7 nitrogen and oxygen atoms in total. The van der Waals surface area contributed by atoms with E-state index in [0.717, 1.165) is 57.2 Å². The van der Waals surface area contributed by atoms with E-state index < -0.39 is 0 Å². The van der Waals surface area contributed by atoms with Crippen LogP contribution >= 0.6 is 0 Å². The lowest BCUT2D eigenvalue weighted by molar-refractivity contribution is 0.0320. The summed E-state index contributed by atoms with van der Waals surface area (Å²) in [5.41, 5.74) is 9.11. The van der Waals surface area contributed by atoms with Crippen LogP contribution in [0, 0.1) is 12.3 Å². The van der Waals surface area contributed by atoms with E-state index in [1.54, 1.807) is 0 Å². The Bertz CT molecular complexity index is 775. The molecule has 0 unspecified atom stereocenters. The number of aryl methyl sites for hydroxylation is 1. The summed E-state index contributed by atoms with van der Waals surface area (Å²) in [6, 6.07) is 11.7. The average Bonchev–Trinajstić information content (AvgIpc) is 2.88. The number of morpholine rings is 1. The van der Waals surface area contributed by atoms with E-state index in [2.05, 4.69) is 28.6 Å². The number of aromatic nitrogens is 1. The minimum atomic E-state index is 0.501. The Morgan fingerprint density at radius 3 is 2.26 bits per heavy atom. The Hall–Kier alpha value is -2.64. The van der Waals surface area contributed by atoms with Gasteiger partial charge in [-0.2, -0.15) is 4.98 Å². The SMILES string of the molecule is CC.CC.CCN(CC)c1cc(N)nc(OCCN2CCOCC2)c1.Cc1cccc(C=N)c1. The van der Waals surface area contributed by atoms with Crippen molar-refractivity contribution in [1.29, 1.82) is 5.41 Å². The van der Waals surface area contributed by atoms with Crippen LogP contribution in [0.1, 0.15) is 52.7 Å². The lowest BCUT2D eigenvalue weighted by atomic mass is 10.2. The molecule has 0 saturated carbocycles. The Kier molecular flexibility index (Phi) is 18.3. The van der Waals surface area contributed by atoms with Crippen LogP contribution < -0.4 is 15.4 Å². The van der Waals surface area contributed by atoms with Crippen molar-refractivity contribution in [3.05, 3.63) is 47.5 Å². The van der Waals surface area contributed by atoms with Crippen molar-refractivity contribution in [3.8, 4) is 5.88 Å². The Morgan fingerprint density at radius 1 is 1.09 bits per heavy atom. The van der Waals surface area contributed by atoms with Crippen LogP contribution in [0.2, 0.25) is 0 Å². The lowest BCUT2D eigenvalue weighted by Crippen LogP contribution is -2.38. The third kappa shape index (κ3) is 12.6. The van der Waals surface area contributed by atoms with Gasteiger partial charge in [-0.15, -0.1) is 0 Å². The number of hydrogen-bond donors (Lipinski definition) is 2. The van der Waals surface area contributed by atoms with Crippen molar-refractivity contribution in [3.63, 3.8) is 0 Å². The van der Waals surface area contributed by atoms with Gasteiger partial charge in [-0.05, 0) is 26.3 Å². The van der Waals surface area contributed by atoms with E-state index in [1.165, 1.54) is 11.8 Å². The fourth-order valence-electron chi connectivity index (χ4n) is 3.22. The maximum Gasteiger partial charge on any atom is 0.217 e. The number of nitrogens with one attached hydrogen (secondary N) is 1. The number of hydrogen-bond acceptors (Lipinski definition) is 7. The van der Waals surface area contributed by atoms with Gasteiger partial charge < -0.3 is 25.5 Å². The molecule has 0 radical (unpaired) electrons. The highest BCUT2D eigenvalue weighted by atomic mass is 16.5. The zero-order chi connectivity index (χ0) is 25.8. The van der Waals surface area contributed by atoms with Gasteiger partial charge in [0.05, 0.1) is 13.2 Å². The number of anilines is 2. The first-order valence-corrected chi connectivity index (χ1v) is 12.6. The quantitative estimate of drug-likeness (QED) is 0.508. The predicted molar refractivity (Wildman–Crippen MR) is 147 cm³/mol. The first-order chi connectivity index (χ1) is 16.5. The van der Waals surface area contributed by atoms with Gasteiger partial charge in [-0.3, -0.25) is 4.90 Å². The molecule has 1 aromatic carbocycles. The molecule has 3 N–H and O–H groups in total. The zero-order valence-electron chi connectivity index (χ0n) is 22.4. The van der Waals surface area contributed by atoms with Gasteiger partial charge in [-0.1, -0.05) is 57.5 Å². The van der Waals surface area contributed by atoms with E-state index in [9.17, 15) is 0 Å². The van der Waals surface area contributed by atoms with Gasteiger partial charge >= 0.3 is 0 Å². The second-order valence-electron chi connectivity index (χ2n) is 7.12. The first-order valence-electron chi connectivity index (χ1n) is 12.6. The summed E-state index contributed by atoms with van der Waals surface area (Å²) < 4.78 is 11.1. The molecule has 0 bridgehead atoms. The van der Waals surface area contributed by atoms with E-state index >= 15 is 0 Å². The van der Waals surface area contributed by atoms with E-state index in [4.69, 9.17) is 20.6 Å². The third-order valence-electron chi connectivity index (χ3n) is 4.90. The first kappa shape index (κ1) is 31.4. The van der Waals surface area contributed by atoms with E-state index in [0.29, 0.717) is 18.3 Å². The number of nitrogens with zero attached hydrogens (tertiary/aromatic N) is 3. The number of pyridine rings is 1. The molecule has 0 spiro atoms. The molecule has 7 heteroatoms. The molecule has 1 aliphatic rings. The van der Waals surface area contributed by atoms with E-state index in [-0.39, 0.29) is 0 Å². The summed E-state index contributed by atoms with van der Waals surface area (Å²) in [6.07, 6.45) is 1.35. The van der Waals surface area contributed by atoms with Crippen molar-refractivity contribution in [2.45, 2.75) is 48.5 Å². The highest BCUT2D eigenvalue weighted by molar-refractivity contribution is 5.76. The predicted octanol–water partition coefficient (Wildman–Crippen LogP) is 5.27. The lowest BCUT2D eigenvalue weighted by Gasteiger charge is -2.26. The molecule has 2 aromatic rings. The molecule has 1 aromatic heterocycles. The van der Waals surface area contributed by atoms with Crippen LogP contribution in [0.3, 0.4) is 0 Å². The Labute approximate surface area is 207 Å². The van der Waals surface area contributed by atoms with Crippen LogP contribution in [0.4, 0.5) is 11.5 Å². The minimum absolute atomic E-state index is 0.501. The molecule has 1 saturated heterocycles. The molecule has 3 rings (SSSR count). The van der Waals surface area contributed by atoms with Crippen molar-refractivity contribution in [2.24, 2.45) is 0 Å². The van der Waals surface area contributed by atoms with Gasteiger partial charge in [0.1, 0.15) is 12.4 Å². The zero-order valence-corrected chi connectivity index (χ0v) is 22.4. The van der Waals surface area contributed by atoms with Crippen LogP contribution in [0.25, 0.3) is 0 Å². The average molecular weight is 474 g/mol. The van der Waals surface area contributed by atoms with Crippen molar-refractivity contribution in [1.82, 2.24) is 9.88 Å². The summed E-state index contributed by atoms with van der Waals surface area (Å²) in [4.78, 5) is 8.82. The van der Waals surface area contributed by atoms with E-state index in [1.807, 2.05) is 71.0 Å². The van der Waals surface area contributed by atoms with Crippen molar-refractivity contribution < 1.29 is 9.47 Å². The molecule has 0 aliphatic carbocycles. The topological polar surface area (TPSA) is 87.7 Å². The minimum Gasteiger partial charge on any atom is -0.476 e. The molecule has 34 heavy (non-hydrogen) atoms. The van der Waals surface area contributed by atoms with Crippen molar-refractivity contribution in [2.75, 3.05) is 63.2 Å². The number of benzene rings is 1. The monoisotopic (exact) mass is 473 g/mol. The van der Waals surface area contributed by atoms with Gasteiger partial charge in [-0.25, -0.2) is 0 Å². The van der Waals surface area contributed by atoms with Gasteiger partial charge in [0.15, 0.2) is 0 Å². The summed E-state index contributed by atoms with van der Waals surface area (Å²) in [7, 11) is 0. The smallest absolute Gasteiger partial charge is 0.217 e. The van der Waals surface area contributed by atoms with Gasteiger partial charge in [0.25, 0.3) is 0 Å². The number of nitrogens with two attached hydrogens (primary N) is 1. The van der Waals surface area contributed by atoms with Crippen LogP contribution in [-0.2, 0) is 4.74 Å². The van der Waals surface area contributed by atoms with Gasteiger partial charge in [0, 0.05) is 56.8 Å². The standard InChI is InChI=1S/C15H26N4O2.C8H9N.2C2H6/c1-3-19(4-2)13-11-14(16)17-15(12-13)21-10-7-18-5-8-20-9-6-18;1-7-3-2-4-8(5-7)6-9;2*1-2/h11-12H,3-10H2,1-2H3,(H2,16,17);2-6,9H,1H3;2*1-2H3. The fraction of sp³-hybridized carbons (Fsp3) is 0.556. The summed E-state index contributed by atoms with van der Waals surface area (Å²) in [5.74, 6) is 1.10. The molecule has 192 valence electrons. The van der Waals surface area contributed by atoms with Crippen LogP contribution in [-0.4, -0.2) is 68.6 Å². The summed E-state index contributed by atoms with van der Waals surface area (Å²) >= 11 is 0.